The molecule has 130 valence electrons. The first-order chi connectivity index (χ1) is 10.7. The number of nitrogens with zero attached hydrogens (tertiary/aromatic N) is 1. The fraction of sp³-hybridized carbons (Fsp3) is 0.538. The highest BCUT2D eigenvalue weighted by atomic mass is 32.2. The third-order valence-electron chi connectivity index (χ3n) is 3.52. The van der Waals surface area contributed by atoms with E-state index in [0.717, 1.165) is 5.56 Å². The van der Waals surface area contributed by atoms with Crippen LogP contribution in [0.5, 0.6) is 0 Å². The van der Waals surface area contributed by atoms with Crippen molar-refractivity contribution in [3.8, 4) is 0 Å². The minimum atomic E-state index is -4.32. The summed E-state index contributed by atoms with van der Waals surface area (Å²) in [5.41, 5.74) is 0.848. The Morgan fingerprint density at radius 2 is 1.87 bits per heavy atom. The lowest BCUT2D eigenvalue weighted by molar-refractivity contribution is 0.00892. The number of rotatable bonds is 7. The van der Waals surface area contributed by atoms with Gasteiger partial charge in [0.15, 0.2) is 0 Å². The summed E-state index contributed by atoms with van der Waals surface area (Å²) in [5.74, 6) is -0.361. The normalized spacial score (nSPS) is 22.1. The number of alkyl halides is 1. The SMILES string of the molecule is CCS(=O)(=O)N(C[C@H]1NC[C@H]1F)OS(=O)(=O)c1ccc(C)cc1. The largest absolute Gasteiger partial charge is 0.314 e. The number of hydroxylamine groups is 1. The Morgan fingerprint density at radius 1 is 1.26 bits per heavy atom. The van der Waals surface area contributed by atoms with Crippen LogP contribution in [0.4, 0.5) is 4.39 Å². The quantitative estimate of drug-likeness (QED) is 0.710. The topological polar surface area (TPSA) is 92.8 Å². The molecule has 23 heavy (non-hydrogen) atoms. The minimum Gasteiger partial charge on any atom is -0.307 e. The van der Waals surface area contributed by atoms with Crippen molar-refractivity contribution in [2.75, 3.05) is 18.8 Å². The molecule has 0 saturated carbocycles. The number of hydrogen-bond donors (Lipinski definition) is 1. The summed E-state index contributed by atoms with van der Waals surface area (Å²) >= 11 is 0. The highest BCUT2D eigenvalue weighted by molar-refractivity contribution is 7.90. The van der Waals surface area contributed by atoms with Crippen molar-refractivity contribution in [2.24, 2.45) is 0 Å². The number of aryl methyl sites for hydroxylation is 1. The molecule has 0 aromatic heterocycles. The Kier molecular flexibility index (Phi) is 5.41. The molecule has 1 heterocycles. The Balaban J connectivity index is 2.24. The zero-order valence-electron chi connectivity index (χ0n) is 12.8. The fourth-order valence-corrected chi connectivity index (χ4v) is 4.03. The molecule has 2 rings (SSSR count). The molecular weight excluding hydrogens is 347 g/mol. The van der Waals surface area contributed by atoms with Crippen molar-refractivity contribution in [1.29, 1.82) is 0 Å². The Bertz CT molecular complexity index is 749. The van der Waals surface area contributed by atoms with E-state index in [9.17, 15) is 21.2 Å². The number of sulfonamides is 1. The van der Waals surface area contributed by atoms with Crippen LogP contribution in [0.15, 0.2) is 29.2 Å². The predicted molar refractivity (Wildman–Crippen MR) is 82.3 cm³/mol. The van der Waals surface area contributed by atoms with Gasteiger partial charge in [-0.1, -0.05) is 22.2 Å². The van der Waals surface area contributed by atoms with E-state index in [1.54, 1.807) is 19.1 Å². The molecule has 0 bridgehead atoms. The van der Waals surface area contributed by atoms with Gasteiger partial charge >= 0.3 is 10.1 Å². The summed E-state index contributed by atoms with van der Waals surface area (Å²) in [6.45, 7) is 2.83. The van der Waals surface area contributed by atoms with Gasteiger partial charge in [0.05, 0.1) is 23.2 Å². The van der Waals surface area contributed by atoms with Crippen LogP contribution < -0.4 is 5.32 Å². The molecule has 1 saturated heterocycles. The van der Waals surface area contributed by atoms with Crippen LogP contribution in [0.2, 0.25) is 0 Å². The smallest absolute Gasteiger partial charge is 0.307 e. The summed E-state index contributed by atoms with van der Waals surface area (Å²) in [5, 5.41) is 2.70. The van der Waals surface area contributed by atoms with Crippen molar-refractivity contribution in [3.05, 3.63) is 29.8 Å². The molecule has 0 unspecified atom stereocenters. The molecule has 0 spiro atoms. The zero-order chi connectivity index (χ0) is 17.3. The molecular formula is C13H19FN2O5S2. The molecule has 0 aliphatic carbocycles. The highest BCUT2D eigenvalue weighted by Crippen LogP contribution is 2.19. The molecule has 1 aliphatic rings. The third-order valence-corrected chi connectivity index (χ3v) is 6.42. The van der Waals surface area contributed by atoms with Crippen molar-refractivity contribution in [2.45, 2.75) is 31.0 Å². The molecule has 10 heteroatoms. The van der Waals surface area contributed by atoms with Gasteiger partial charge in [0, 0.05) is 6.54 Å². The van der Waals surface area contributed by atoms with E-state index < -0.39 is 38.9 Å². The lowest BCUT2D eigenvalue weighted by Crippen LogP contribution is -2.60. The van der Waals surface area contributed by atoms with Gasteiger partial charge < -0.3 is 5.32 Å². The molecule has 2 atom stereocenters. The number of benzene rings is 1. The van der Waals surface area contributed by atoms with E-state index in [1.165, 1.54) is 19.1 Å². The van der Waals surface area contributed by atoms with Gasteiger partial charge in [0.1, 0.15) is 6.17 Å². The van der Waals surface area contributed by atoms with Crippen LogP contribution in [0.1, 0.15) is 12.5 Å². The van der Waals surface area contributed by atoms with Crippen LogP contribution >= 0.6 is 0 Å². The van der Waals surface area contributed by atoms with E-state index in [0.29, 0.717) is 4.47 Å². The fourth-order valence-electron chi connectivity index (χ4n) is 1.90. The molecule has 0 amide bonds. The van der Waals surface area contributed by atoms with Gasteiger partial charge in [-0.3, -0.25) is 0 Å². The van der Waals surface area contributed by atoms with Crippen molar-refractivity contribution in [1.82, 2.24) is 9.79 Å². The van der Waals surface area contributed by atoms with Crippen molar-refractivity contribution >= 4 is 20.1 Å². The average Bonchev–Trinajstić information content (AvgIpc) is 2.50. The molecule has 0 radical (unpaired) electrons. The number of halogens is 1. The van der Waals surface area contributed by atoms with Crippen LogP contribution in [-0.2, 0) is 24.4 Å². The van der Waals surface area contributed by atoms with Gasteiger partial charge in [0.2, 0.25) is 10.0 Å². The molecule has 1 aromatic rings. The summed E-state index contributed by atoms with van der Waals surface area (Å²) in [4.78, 5) is -0.169. The Morgan fingerprint density at radius 3 is 2.30 bits per heavy atom. The maximum atomic E-state index is 13.3. The van der Waals surface area contributed by atoms with Gasteiger partial charge in [-0.15, -0.1) is 0 Å². The van der Waals surface area contributed by atoms with Crippen LogP contribution in [0, 0.1) is 6.92 Å². The highest BCUT2D eigenvalue weighted by Gasteiger charge is 2.37. The average molecular weight is 366 g/mol. The number of hydrogen-bond acceptors (Lipinski definition) is 6. The summed E-state index contributed by atoms with van der Waals surface area (Å²) in [6.07, 6.45) is -1.24. The monoisotopic (exact) mass is 366 g/mol. The van der Waals surface area contributed by atoms with Gasteiger partial charge in [0.25, 0.3) is 0 Å². The summed E-state index contributed by atoms with van der Waals surface area (Å²) in [6, 6.07) is 4.99. The first-order valence-corrected chi connectivity index (χ1v) is 10.1. The molecule has 1 aromatic carbocycles. The standard InChI is InChI=1S/C13H19FN2O5S2/c1-3-22(17,18)16(9-13-12(14)8-15-13)21-23(19,20)11-6-4-10(2)5-7-11/h4-7,12-13,15H,3,8-9H2,1-2H3/t12-,13-/m1/s1. The van der Waals surface area contributed by atoms with E-state index in [-0.39, 0.29) is 17.2 Å². The summed E-state index contributed by atoms with van der Waals surface area (Å²) in [7, 11) is -8.30. The van der Waals surface area contributed by atoms with E-state index in [2.05, 4.69) is 5.32 Å². The van der Waals surface area contributed by atoms with E-state index >= 15 is 0 Å². The van der Waals surface area contributed by atoms with Crippen LogP contribution in [0.3, 0.4) is 0 Å². The molecule has 1 N–H and O–H groups in total. The molecule has 1 aliphatic heterocycles. The van der Waals surface area contributed by atoms with Crippen molar-refractivity contribution < 1.29 is 25.5 Å². The minimum absolute atomic E-state index is 0.107. The molecule has 1 fully saturated rings. The number of nitrogens with one attached hydrogen (secondary N) is 1. The van der Waals surface area contributed by atoms with Gasteiger partial charge in [-0.2, -0.15) is 12.7 Å². The first kappa shape index (κ1) is 18.3. The second-order valence-corrected chi connectivity index (χ2v) is 8.94. The second kappa shape index (κ2) is 6.81. The predicted octanol–water partition coefficient (Wildman–Crippen LogP) is 0.577. The second-order valence-electron chi connectivity index (χ2n) is 5.26. The van der Waals surface area contributed by atoms with Crippen molar-refractivity contribution in [3.63, 3.8) is 0 Å². The third kappa shape index (κ3) is 4.27. The summed E-state index contributed by atoms with van der Waals surface area (Å²) < 4.78 is 67.0. The maximum absolute atomic E-state index is 13.3. The maximum Gasteiger partial charge on any atom is 0.314 e. The Labute approximate surface area is 135 Å². The Hall–Kier alpha value is -1.07. The lowest BCUT2D eigenvalue weighted by Gasteiger charge is -2.34. The van der Waals surface area contributed by atoms with Crippen LogP contribution in [0.25, 0.3) is 0 Å². The molecule has 7 nitrogen and oxygen atoms in total. The van der Waals surface area contributed by atoms with Gasteiger partial charge in [-0.05, 0) is 26.0 Å². The van der Waals surface area contributed by atoms with Crippen LogP contribution in [-0.4, -0.2) is 52.4 Å². The van der Waals surface area contributed by atoms with E-state index in [1.807, 2.05) is 0 Å². The lowest BCUT2D eigenvalue weighted by atomic mass is 10.1. The first-order valence-electron chi connectivity index (χ1n) is 7.05. The van der Waals surface area contributed by atoms with Gasteiger partial charge in [-0.25, -0.2) is 12.8 Å². The van der Waals surface area contributed by atoms with E-state index in [4.69, 9.17) is 4.28 Å². The zero-order valence-corrected chi connectivity index (χ0v) is 14.4.